The number of aliphatic carboxylic acids is 1. The SMILES string of the molecule is O=C(O)CC(NC(=O)[C@H](COCc1ccccc1)CC(=O)CCCCCc1ccccn1)c1cc(Cl)cc(Cl)c1. The number of halogens is 2. The van der Waals surface area contributed by atoms with E-state index in [9.17, 15) is 19.5 Å². The molecule has 0 aliphatic heterocycles. The maximum atomic E-state index is 13.4. The van der Waals surface area contributed by atoms with Crippen LogP contribution in [0.2, 0.25) is 10.0 Å². The topological polar surface area (TPSA) is 106 Å². The molecule has 9 heteroatoms. The highest BCUT2D eigenvalue weighted by atomic mass is 35.5. The molecule has 0 fully saturated rings. The van der Waals surface area contributed by atoms with Crippen molar-refractivity contribution in [3.63, 3.8) is 0 Å². The lowest BCUT2D eigenvalue weighted by Crippen LogP contribution is -2.38. The molecule has 0 spiro atoms. The zero-order chi connectivity index (χ0) is 28.7. The molecular formula is C31H34Cl2N2O5. The first-order chi connectivity index (χ1) is 19.3. The fourth-order valence-corrected chi connectivity index (χ4v) is 4.88. The Morgan fingerprint density at radius 1 is 0.900 bits per heavy atom. The molecule has 212 valence electrons. The third-order valence-corrected chi connectivity index (χ3v) is 6.81. The van der Waals surface area contributed by atoms with Gasteiger partial charge in [-0.1, -0.05) is 66.0 Å². The first-order valence-electron chi connectivity index (χ1n) is 13.3. The Hall–Kier alpha value is -3.26. The molecule has 3 rings (SSSR count). The van der Waals surface area contributed by atoms with Crippen molar-refractivity contribution in [3.05, 3.63) is 99.8 Å². The fraction of sp³-hybridized carbons (Fsp3) is 0.355. The number of amides is 1. The molecule has 7 nitrogen and oxygen atoms in total. The van der Waals surface area contributed by atoms with Crippen molar-refractivity contribution in [2.24, 2.45) is 5.92 Å². The van der Waals surface area contributed by atoms with Crippen LogP contribution < -0.4 is 5.32 Å². The number of Topliss-reactive ketones (excluding diaryl/α,β-unsaturated/α-hetero) is 1. The lowest BCUT2D eigenvalue weighted by molar-refractivity contribution is -0.138. The van der Waals surface area contributed by atoms with Crippen molar-refractivity contribution in [1.29, 1.82) is 0 Å². The predicted molar refractivity (Wildman–Crippen MR) is 155 cm³/mol. The Morgan fingerprint density at radius 3 is 2.30 bits per heavy atom. The Bertz CT molecular complexity index is 1220. The molecule has 0 aliphatic rings. The second-order valence-corrected chi connectivity index (χ2v) is 10.6. The quantitative estimate of drug-likeness (QED) is 0.173. The molecule has 3 aromatic rings. The van der Waals surface area contributed by atoms with Crippen LogP contribution in [0, 0.1) is 5.92 Å². The molecule has 1 aromatic heterocycles. The molecule has 0 bridgehead atoms. The minimum atomic E-state index is -1.10. The van der Waals surface area contributed by atoms with Gasteiger partial charge in [0.15, 0.2) is 0 Å². The van der Waals surface area contributed by atoms with E-state index in [-0.39, 0.29) is 31.8 Å². The molecule has 1 heterocycles. The van der Waals surface area contributed by atoms with Gasteiger partial charge in [0, 0.05) is 34.8 Å². The van der Waals surface area contributed by atoms with Crippen molar-refractivity contribution in [2.75, 3.05) is 6.61 Å². The summed E-state index contributed by atoms with van der Waals surface area (Å²) in [4.78, 5) is 42.1. The van der Waals surface area contributed by atoms with Crippen molar-refractivity contribution >= 4 is 40.9 Å². The van der Waals surface area contributed by atoms with Gasteiger partial charge in [-0.15, -0.1) is 0 Å². The van der Waals surface area contributed by atoms with E-state index in [1.165, 1.54) is 6.07 Å². The molecule has 40 heavy (non-hydrogen) atoms. The summed E-state index contributed by atoms with van der Waals surface area (Å²) in [6, 6.07) is 19.1. The number of pyridine rings is 1. The summed E-state index contributed by atoms with van der Waals surface area (Å²) in [6.45, 7) is 0.303. The van der Waals surface area contributed by atoms with Gasteiger partial charge in [0.05, 0.1) is 31.6 Å². The number of hydrogen-bond donors (Lipinski definition) is 2. The van der Waals surface area contributed by atoms with E-state index in [4.69, 9.17) is 27.9 Å². The smallest absolute Gasteiger partial charge is 0.305 e. The number of ketones is 1. The molecule has 2 N–H and O–H groups in total. The zero-order valence-corrected chi connectivity index (χ0v) is 23.7. The number of carboxylic acids is 1. The van der Waals surface area contributed by atoms with Gasteiger partial charge in [0.1, 0.15) is 5.78 Å². The molecule has 0 aliphatic carbocycles. The lowest BCUT2D eigenvalue weighted by atomic mass is 9.97. The number of ether oxygens (including phenoxy) is 1. The summed E-state index contributed by atoms with van der Waals surface area (Å²) in [7, 11) is 0. The average Bonchev–Trinajstić information content (AvgIpc) is 2.92. The third kappa shape index (κ3) is 11.5. The molecule has 1 unspecified atom stereocenters. The number of unbranched alkanes of at least 4 members (excludes halogenated alkanes) is 2. The Balaban J connectivity index is 1.61. The monoisotopic (exact) mass is 584 g/mol. The summed E-state index contributed by atoms with van der Waals surface area (Å²) >= 11 is 12.2. The molecule has 2 aromatic carbocycles. The van der Waals surface area contributed by atoms with Gasteiger partial charge < -0.3 is 15.2 Å². The van der Waals surface area contributed by atoms with Crippen LogP contribution >= 0.6 is 23.2 Å². The van der Waals surface area contributed by atoms with Gasteiger partial charge in [-0.25, -0.2) is 0 Å². The van der Waals surface area contributed by atoms with Crippen LogP contribution in [0.1, 0.15) is 61.4 Å². The largest absolute Gasteiger partial charge is 0.481 e. The number of nitrogens with zero attached hydrogens (tertiary/aromatic N) is 1. The van der Waals surface area contributed by atoms with Gasteiger partial charge >= 0.3 is 5.97 Å². The van der Waals surface area contributed by atoms with Gasteiger partial charge in [0.25, 0.3) is 0 Å². The minimum absolute atomic E-state index is 0.00302. The van der Waals surface area contributed by atoms with Gasteiger partial charge in [0.2, 0.25) is 5.91 Å². The normalized spacial score (nSPS) is 12.4. The van der Waals surface area contributed by atoms with Crippen LogP contribution in [0.5, 0.6) is 0 Å². The number of benzene rings is 2. The molecule has 0 saturated heterocycles. The summed E-state index contributed by atoms with van der Waals surface area (Å²) in [5.74, 6) is -2.38. The number of aryl methyl sites for hydroxylation is 1. The van der Waals surface area contributed by atoms with Gasteiger partial charge in [-0.3, -0.25) is 19.4 Å². The van der Waals surface area contributed by atoms with Crippen LogP contribution in [0.25, 0.3) is 0 Å². The van der Waals surface area contributed by atoms with Gasteiger partial charge in [-0.05, 0) is 60.7 Å². The third-order valence-electron chi connectivity index (χ3n) is 6.37. The number of carboxylic acid groups (broad SMARTS) is 1. The number of nitrogens with one attached hydrogen (secondary N) is 1. The second kappa shape index (κ2) is 16.8. The van der Waals surface area contributed by atoms with Crippen LogP contribution in [0.3, 0.4) is 0 Å². The van der Waals surface area contributed by atoms with E-state index in [0.717, 1.165) is 30.5 Å². The highest BCUT2D eigenvalue weighted by Crippen LogP contribution is 2.26. The number of hydrogen-bond acceptors (Lipinski definition) is 5. The van der Waals surface area contributed by atoms with E-state index in [1.54, 1.807) is 18.3 Å². The maximum Gasteiger partial charge on any atom is 0.305 e. The highest BCUT2D eigenvalue weighted by molar-refractivity contribution is 6.34. The molecule has 0 saturated carbocycles. The van der Waals surface area contributed by atoms with Crippen LogP contribution in [0.15, 0.2) is 72.9 Å². The second-order valence-electron chi connectivity index (χ2n) is 9.68. The van der Waals surface area contributed by atoms with Crippen LogP contribution in [-0.4, -0.2) is 34.4 Å². The summed E-state index contributed by atoms with van der Waals surface area (Å²) < 4.78 is 5.82. The molecule has 0 radical (unpaired) electrons. The molecule has 2 atom stereocenters. The molecule has 1 amide bonds. The Labute approximate surface area is 244 Å². The van der Waals surface area contributed by atoms with E-state index in [0.29, 0.717) is 28.5 Å². The Kier molecular flexibility index (Phi) is 13.1. The standard InChI is InChI=1S/C31H34Cl2N2O5/c32-25-15-23(16-26(33)18-25)29(19-30(37)38)35-31(39)24(21-40-20-22-9-3-1-4-10-22)17-28(36)13-6-2-5-11-27-12-7-8-14-34-27/h1,3-4,7-10,12,14-16,18,24,29H,2,5-6,11,13,17,19-21H2,(H,35,39)(H,37,38)/t24-,29?/m0/s1. The minimum Gasteiger partial charge on any atom is -0.481 e. The maximum absolute atomic E-state index is 13.4. The number of rotatable bonds is 17. The predicted octanol–water partition coefficient (Wildman–Crippen LogP) is 6.62. The van der Waals surface area contributed by atoms with Crippen molar-refractivity contribution in [2.45, 2.75) is 57.6 Å². The first-order valence-corrected chi connectivity index (χ1v) is 14.1. The summed E-state index contributed by atoms with van der Waals surface area (Å²) in [6.07, 6.45) is 5.12. The highest BCUT2D eigenvalue weighted by Gasteiger charge is 2.26. The zero-order valence-electron chi connectivity index (χ0n) is 22.2. The lowest BCUT2D eigenvalue weighted by Gasteiger charge is -2.22. The first kappa shape index (κ1) is 31.3. The van der Waals surface area contributed by atoms with Crippen molar-refractivity contribution < 1.29 is 24.2 Å². The van der Waals surface area contributed by atoms with Gasteiger partial charge in [-0.2, -0.15) is 0 Å². The average molecular weight is 586 g/mol. The van der Waals surface area contributed by atoms with Crippen molar-refractivity contribution in [1.82, 2.24) is 10.3 Å². The van der Waals surface area contributed by atoms with Crippen LogP contribution in [0.4, 0.5) is 0 Å². The summed E-state index contributed by atoms with van der Waals surface area (Å²) in [5.41, 5.74) is 2.44. The Morgan fingerprint density at radius 2 is 1.62 bits per heavy atom. The van der Waals surface area contributed by atoms with Crippen molar-refractivity contribution in [3.8, 4) is 0 Å². The van der Waals surface area contributed by atoms with E-state index >= 15 is 0 Å². The van der Waals surface area contributed by atoms with E-state index in [1.807, 2.05) is 48.5 Å². The fourth-order valence-electron chi connectivity index (χ4n) is 4.34. The summed E-state index contributed by atoms with van der Waals surface area (Å²) in [5, 5.41) is 12.9. The number of carbonyl (C=O) groups is 3. The molecular weight excluding hydrogens is 551 g/mol. The van der Waals surface area contributed by atoms with Crippen LogP contribution in [-0.2, 0) is 32.1 Å². The number of aromatic nitrogens is 1. The van der Waals surface area contributed by atoms with E-state index in [2.05, 4.69) is 10.3 Å². The van der Waals surface area contributed by atoms with E-state index < -0.39 is 23.8 Å². The number of carbonyl (C=O) groups excluding carboxylic acids is 2.